The first kappa shape index (κ1) is 20.6. The number of likely N-dealkylation sites (tertiary alicyclic amines) is 2. The van der Waals surface area contributed by atoms with E-state index in [9.17, 15) is 13.6 Å². The average Bonchev–Trinajstić information content (AvgIpc) is 3.07. The second-order valence-corrected chi connectivity index (χ2v) is 9.20. The van der Waals surface area contributed by atoms with E-state index >= 15 is 0 Å². The number of fused-ring (bicyclic) bond motifs is 1. The largest absolute Gasteiger partial charge is 0.367 e. The molecule has 3 aliphatic heterocycles. The zero-order valence-electron chi connectivity index (χ0n) is 17.5. The fourth-order valence-electron chi connectivity index (χ4n) is 5.28. The number of carbonyl (C=O) groups excluding carboxylic acids is 1. The second kappa shape index (κ2) is 8.58. The van der Waals surface area contributed by atoms with Crippen LogP contribution in [-0.2, 0) is 4.79 Å². The van der Waals surface area contributed by atoms with Gasteiger partial charge in [0.25, 0.3) is 6.43 Å². The molecule has 162 valence electrons. The number of halogens is 2. The summed E-state index contributed by atoms with van der Waals surface area (Å²) in [5, 5.41) is 7.69. The molecule has 1 amide bonds. The maximum absolute atomic E-state index is 13.6. The van der Waals surface area contributed by atoms with Gasteiger partial charge in [-0.3, -0.25) is 9.69 Å². The van der Waals surface area contributed by atoms with E-state index in [1.54, 1.807) is 0 Å². The molecule has 1 aromatic rings. The van der Waals surface area contributed by atoms with Crippen molar-refractivity contribution in [3.8, 4) is 0 Å². The lowest BCUT2D eigenvalue weighted by atomic mass is 9.85. The highest BCUT2D eigenvalue weighted by Crippen LogP contribution is 2.36. The normalized spacial score (nSPS) is 29.0. The Hall–Kier alpha value is -1.70. The SMILES string of the molecule is Cc1cc2n(n1)[C@@H](C(F)F)C[C@@H](C1CCN(C(=O)CN3CCCC(C)C3)CC1)N2. The Balaban J connectivity index is 1.32. The molecule has 0 saturated carbocycles. The first-order chi connectivity index (χ1) is 13.9. The molecule has 8 heteroatoms. The zero-order valence-corrected chi connectivity index (χ0v) is 17.5. The standard InChI is InChI=1S/C21H33F2N5O/c1-14-4-3-7-26(12-14)13-20(29)27-8-5-16(6-9-27)17-11-18(21(22)23)28-19(24-17)10-15(2)25-28/h10,14,16-18,21,24H,3-9,11-13H2,1-2H3/t14?,17-,18+/m0/s1. The van der Waals surface area contributed by atoms with Crippen molar-refractivity contribution in [1.29, 1.82) is 0 Å². The van der Waals surface area contributed by atoms with Gasteiger partial charge in [0, 0.05) is 31.7 Å². The predicted molar refractivity (Wildman–Crippen MR) is 108 cm³/mol. The predicted octanol–water partition coefficient (Wildman–Crippen LogP) is 3.15. The minimum Gasteiger partial charge on any atom is -0.367 e. The molecular formula is C21H33F2N5O. The van der Waals surface area contributed by atoms with Crippen molar-refractivity contribution in [2.45, 2.75) is 64.5 Å². The summed E-state index contributed by atoms with van der Waals surface area (Å²) in [7, 11) is 0. The Morgan fingerprint density at radius 3 is 2.72 bits per heavy atom. The molecule has 6 nitrogen and oxygen atoms in total. The third kappa shape index (κ3) is 4.57. The van der Waals surface area contributed by atoms with Gasteiger partial charge in [0.2, 0.25) is 5.91 Å². The van der Waals surface area contributed by atoms with Crippen LogP contribution in [-0.4, -0.2) is 70.7 Å². The van der Waals surface area contributed by atoms with E-state index in [1.165, 1.54) is 17.5 Å². The van der Waals surface area contributed by atoms with Crippen molar-refractivity contribution in [2.24, 2.45) is 11.8 Å². The topological polar surface area (TPSA) is 53.4 Å². The smallest absolute Gasteiger partial charge is 0.260 e. The average molecular weight is 410 g/mol. The quantitative estimate of drug-likeness (QED) is 0.830. The number of amides is 1. The molecule has 0 bridgehead atoms. The minimum atomic E-state index is -2.42. The Kier molecular flexibility index (Phi) is 6.08. The number of alkyl halides is 2. The highest BCUT2D eigenvalue weighted by atomic mass is 19.3. The van der Waals surface area contributed by atoms with Crippen LogP contribution in [0.2, 0.25) is 0 Å². The third-order valence-corrected chi connectivity index (χ3v) is 6.85. The van der Waals surface area contributed by atoms with Crippen LogP contribution in [0.4, 0.5) is 14.6 Å². The number of aryl methyl sites for hydroxylation is 1. The number of hydrogen-bond acceptors (Lipinski definition) is 4. The van der Waals surface area contributed by atoms with Crippen molar-refractivity contribution in [3.63, 3.8) is 0 Å². The fourth-order valence-corrected chi connectivity index (χ4v) is 5.28. The van der Waals surface area contributed by atoms with Gasteiger partial charge in [0.05, 0.1) is 12.2 Å². The molecular weight excluding hydrogens is 376 g/mol. The highest BCUT2D eigenvalue weighted by Gasteiger charge is 2.38. The summed E-state index contributed by atoms with van der Waals surface area (Å²) in [5.74, 6) is 1.88. The van der Waals surface area contributed by atoms with E-state index in [0.717, 1.165) is 44.7 Å². The molecule has 4 rings (SSSR count). The summed E-state index contributed by atoms with van der Waals surface area (Å²) in [6, 6.07) is 0.989. The summed E-state index contributed by atoms with van der Waals surface area (Å²) in [6.45, 7) is 8.07. The molecule has 4 heterocycles. The van der Waals surface area contributed by atoms with Crippen LogP contribution in [0.15, 0.2) is 6.07 Å². The first-order valence-corrected chi connectivity index (χ1v) is 11.0. The minimum absolute atomic E-state index is 0.0118. The first-order valence-electron chi connectivity index (χ1n) is 11.0. The van der Waals surface area contributed by atoms with Gasteiger partial charge in [-0.1, -0.05) is 6.92 Å². The number of hydrogen-bond donors (Lipinski definition) is 1. The van der Waals surface area contributed by atoms with Crippen molar-refractivity contribution in [2.75, 3.05) is 38.0 Å². The molecule has 29 heavy (non-hydrogen) atoms. The van der Waals surface area contributed by atoms with Crippen LogP contribution in [0.25, 0.3) is 0 Å². The van der Waals surface area contributed by atoms with Gasteiger partial charge in [-0.25, -0.2) is 13.5 Å². The molecule has 0 aromatic carbocycles. The lowest BCUT2D eigenvalue weighted by Gasteiger charge is -2.41. The number of rotatable bonds is 4. The molecule has 2 fully saturated rings. The molecule has 0 spiro atoms. The van der Waals surface area contributed by atoms with E-state index in [0.29, 0.717) is 30.6 Å². The van der Waals surface area contributed by atoms with E-state index in [4.69, 9.17) is 0 Å². The van der Waals surface area contributed by atoms with Crippen molar-refractivity contribution < 1.29 is 13.6 Å². The Morgan fingerprint density at radius 2 is 2.03 bits per heavy atom. The van der Waals surface area contributed by atoms with Crippen molar-refractivity contribution >= 4 is 11.7 Å². The molecule has 1 N–H and O–H groups in total. The Labute approximate surface area is 171 Å². The number of piperidine rings is 2. The summed E-state index contributed by atoms with van der Waals surface area (Å²) in [6.07, 6.45) is 2.11. The number of nitrogens with one attached hydrogen (secondary N) is 1. The summed E-state index contributed by atoms with van der Waals surface area (Å²) >= 11 is 0. The zero-order chi connectivity index (χ0) is 20.5. The van der Waals surface area contributed by atoms with Crippen LogP contribution in [0, 0.1) is 18.8 Å². The monoisotopic (exact) mass is 409 g/mol. The molecule has 3 atom stereocenters. The van der Waals surface area contributed by atoms with Crippen LogP contribution < -0.4 is 5.32 Å². The summed E-state index contributed by atoms with van der Waals surface area (Å²) in [5.41, 5.74) is 0.756. The maximum Gasteiger partial charge on any atom is 0.260 e. The lowest BCUT2D eigenvalue weighted by molar-refractivity contribution is -0.134. The summed E-state index contributed by atoms with van der Waals surface area (Å²) in [4.78, 5) is 17.0. The van der Waals surface area contributed by atoms with Gasteiger partial charge in [-0.15, -0.1) is 0 Å². The number of nitrogens with zero attached hydrogens (tertiary/aromatic N) is 4. The fraction of sp³-hybridized carbons (Fsp3) is 0.810. The second-order valence-electron chi connectivity index (χ2n) is 9.20. The van der Waals surface area contributed by atoms with Gasteiger partial charge in [-0.2, -0.15) is 5.10 Å². The number of aromatic nitrogens is 2. The molecule has 0 radical (unpaired) electrons. The van der Waals surface area contributed by atoms with Crippen LogP contribution in [0.1, 0.15) is 50.8 Å². The lowest BCUT2D eigenvalue weighted by Crippen LogP contribution is -2.49. The Bertz CT molecular complexity index is 716. The Morgan fingerprint density at radius 1 is 1.28 bits per heavy atom. The van der Waals surface area contributed by atoms with E-state index in [1.807, 2.05) is 17.9 Å². The van der Waals surface area contributed by atoms with Crippen molar-refractivity contribution in [1.82, 2.24) is 19.6 Å². The molecule has 3 aliphatic rings. The highest BCUT2D eigenvalue weighted by molar-refractivity contribution is 5.78. The van der Waals surface area contributed by atoms with Crippen LogP contribution in [0.5, 0.6) is 0 Å². The van der Waals surface area contributed by atoms with E-state index in [2.05, 4.69) is 22.2 Å². The van der Waals surface area contributed by atoms with Gasteiger partial charge in [-0.05, 0) is 57.4 Å². The van der Waals surface area contributed by atoms with E-state index < -0.39 is 12.5 Å². The van der Waals surface area contributed by atoms with Crippen LogP contribution >= 0.6 is 0 Å². The summed E-state index contributed by atoms with van der Waals surface area (Å²) < 4.78 is 28.7. The maximum atomic E-state index is 13.6. The molecule has 1 unspecified atom stereocenters. The van der Waals surface area contributed by atoms with Gasteiger partial charge >= 0.3 is 0 Å². The van der Waals surface area contributed by atoms with E-state index in [-0.39, 0.29) is 11.9 Å². The third-order valence-electron chi connectivity index (χ3n) is 6.85. The van der Waals surface area contributed by atoms with Gasteiger partial charge < -0.3 is 10.2 Å². The number of carbonyl (C=O) groups is 1. The molecule has 1 aromatic heterocycles. The molecule has 0 aliphatic carbocycles. The van der Waals surface area contributed by atoms with Crippen molar-refractivity contribution in [3.05, 3.63) is 11.8 Å². The van der Waals surface area contributed by atoms with Crippen LogP contribution in [0.3, 0.4) is 0 Å². The molecule has 2 saturated heterocycles. The number of anilines is 1. The van der Waals surface area contributed by atoms with Gasteiger partial charge in [0.15, 0.2) is 0 Å². The van der Waals surface area contributed by atoms with Gasteiger partial charge in [0.1, 0.15) is 11.9 Å².